The number of amides is 2. The van der Waals surface area contributed by atoms with Crippen LogP contribution in [0.5, 0.6) is 5.75 Å². The Hall–Kier alpha value is -2.65. The zero-order chi connectivity index (χ0) is 23.0. The highest BCUT2D eigenvalue weighted by atomic mass is 35.5. The van der Waals surface area contributed by atoms with Gasteiger partial charge in [-0.15, -0.1) is 12.4 Å². The number of piperazine rings is 1. The highest BCUT2D eigenvalue weighted by Crippen LogP contribution is 2.16. The van der Waals surface area contributed by atoms with Gasteiger partial charge in [-0.05, 0) is 37.1 Å². The summed E-state index contributed by atoms with van der Waals surface area (Å²) < 4.78 is 10.5. The fourth-order valence-corrected chi connectivity index (χ4v) is 4.37. The van der Waals surface area contributed by atoms with Gasteiger partial charge in [-0.25, -0.2) is 0 Å². The van der Waals surface area contributed by atoms with Gasteiger partial charge in [0.1, 0.15) is 5.75 Å². The summed E-state index contributed by atoms with van der Waals surface area (Å²) in [7, 11) is 1.61. The molecule has 4 rings (SSSR count). The van der Waals surface area contributed by atoms with Crippen molar-refractivity contribution >= 4 is 24.2 Å². The van der Waals surface area contributed by atoms with Crippen molar-refractivity contribution in [1.29, 1.82) is 0 Å². The van der Waals surface area contributed by atoms with Crippen LogP contribution in [0.2, 0.25) is 0 Å². The summed E-state index contributed by atoms with van der Waals surface area (Å²) in [6, 6.07) is 7.20. The van der Waals surface area contributed by atoms with Gasteiger partial charge in [0, 0.05) is 57.7 Å². The zero-order valence-corrected chi connectivity index (χ0v) is 20.6. The number of carbonyl (C=O) groups excluding carboxylic acids is 2. The molecule has 0 radical (unpaired) electrons. The van der Waals surface area contributed by atoms with Gasteiger partial charge in [-0.3, -0.25) is 14.5 Å². The van der Waals surface area contributed by atoms with Crippen LogP contribution < -0.4 is 4.74 Å². The Morgan fingerprint density at radius 2 is 1.62 bits per heavy atom. The second-order valence-corrected chi connectivity index (χ2v) is 8.70. The molecular formula is C24H34ClN5O4. The molecule has 0 N–H and O–H groups in total. The molecule has 10 heteroatoms. The summed E-state index contributed by atoms with van der Waals surface area (Å²) in [6.45, 7) is 5.11. The van der Waals surface area contributed by atoms with Crippen LogP contribution >= 0.6 is 12.4 Å². The topological polar surface area (TPSA) is 92.0 Å². The Kier molecular flexibility index (Phi) is 9.71. The van der Waals surface area contributed by atoms with Gasteiger partial charge in [0.15, 0.2) is 5.82 Å². The summed E-state index contributed by atoms with van der Waals surface area (Å²) in [5.74, 6) is 2.09. The Morgan fingerprint density at radius 1 is 0.941 bits per heavy atom. The number of carbonyl (C=O) groups is 2. The molecule has 0 aliphatic carbocycles. The first-order chi connectivity index (χ1) is 16.1. The van der Waals surface area contributed by atoms with Gasteiger partial charge in [-0.2, -0.15) is 4.98 Å². The minimum absolute atomic E-state index is 0. The largest absolute Gasteiger partial charge is 0.497 e. The molecule has 1 aromatic heterocycles. The molecule has 0 atom stereocenters. The highest BCUT2D eigenvalue weighted by molar-refractivity contribution is 5.94. The SMILES string of the molecule is COc1ccc(C(=O)N2CCN(Cc3noc(CCC(=O)N4CCCCCC4)n3)CC2)cc1.Cl. The summed E-state index contributed by atoms with van der Waals surface area (Å²) >= 11 is 0. The molecule has 0 unspecified atom stereocenters. The van der Waals surface area contributed by atoms with E-state index in [-0.39, 0.29) is 24.2 Å². The molecule has 2 aliphatic heterocycles. The molecule has 9 nitrogen and oxygen atoms in total. The molecule has 0 spiro atoms. The predicted molar refractivity (Wildman–Crippen MR) is 129 cm³/mol. The molecule has 0 saturated carbocycles. The van der Waals surface area contributed by atoms with Crippen molar-refractivity contribution < 1.29 is 18.8 Å². The summed E-state index contributed by atoms with van der Waals surface area (Å²) in [4.78, 5) is 35.7. The van der Waals surface area contributed by atoms with E-state index in [9.17, 15) is 9.59 Å². The number of likely N-dealkylation sites (tertiary alicyclic amines) is 1. The van der Waals surface area contributed by atoms with Crippen molar-refractivity contribution in [1.82, 2.24) is 24.8 Å². The van der Waals surface area contributed by atoms with Crippen LogP contribution in [-0.2, 0) is 17.8 Å². The molecule has 2 saturated heterocycles. The van der Waals surface area contributed by atoms with Gasteiger partial charge in [0.25, 0.3) is 5.91 Å². The van der Waals surface area contributed by atoms with E-state index in [4.69, 9.17) is 9.26 Å². The minimum atomic E-state index is 0. The first-order valence-electron chi connectivity index (χ1n) is 11.9. The van der Waals surface area contributed by atoms with E-state index >= 15 is 0 Å². The Labute approximate surface area is 206 Å². The van der Waals surface area contributed by atoms with Crippen molar-refractivity contribution in [3.63, 3.8) is 0 Å². The number of ether oxygens (including phenoxy) is 1. The third-order valence-electron chi connectivity index (χ3n) is 6.38. The lowest BCUT2D eigenvalue weighted by molar-refractivity contribution is -0.131. The number of methoxy groups -OCH3 is 1. The molecule has 3 heterocycles. The number of nitrogens with zero attached hydrogens (tertiary/aromatic N) is 5. The normalized spacial score (nSPS) is 17.1. The Balaban J connectivity index is 0.00000324. The molecule has 34 heavy (non-hydrogen) atoms. The van der Waals surface area contributed by atoms with Gasteiger partial charge in [-0.1, -0.05) is 18.0 Å². The van der Waals surface area contributed by atoms with Gasteiger partial charge < -0.3 is 19.1 Å². The molecule has 186 valence electrons. The molecule has 0 bridgehead atoms. The minimum Gasteiger partial charge on any atom is -0.497 e. The van der Waals surface area contributed by atoms with Crippen LogP contribution in [0, 0.1) is 0 Å². The number of rotatable bonds is 7. The molecule has 2 aromatic rings. The van der Waals surface area contributed by atoms with Crippen molar-refractivity contribution in [2.75, 3.05) is 46.4 Å². The van der Waals surface area contributed by atoms with Crippen molar-refractivity contribution in [3.8, 4) is 5.75 Å². The third-order valence-corrected chi connectivity index (χ3v) is 6.38. The third kappa shape index (κ3) is 6.93. The maximum absolute atomic E-state index is 12.7. The van der Waals surface area contributed by atoms with E-state index in [1.807, 2.05) is 9.80 Å². The summed E-state index contributed by atoms with van der Waals surface area (Å²) in [5.41, 5.74) is 0.668. The quantitative estimate of drug-likeness (QED) is 0.588. The molecular weight excluding hydrogens is 458 g/mol. The summed E-state index contributed by atoms with van der Waals surface area (Å²) in [5, 5.41) is 4.09. The standard InChI is InChI=1S/C24H33N5O4.ClH/c1-32-20-8-6-19(7-9-20)24(31)29-16-14-27(15-17-29)18-21-25-22(33-26-21)10-11-23(30)28-12-4-2-3-5-13-28;/h6-9H,2-5,10-18H2,1H3;1H. The first-order valence-corrected chi connectivity index (χ1v) is 11.9. The van der Waals surface area contributed by atoms with Gasteiger partial charge in [0.05, 0.1) is 13.7 Å². The Bertz CT molecular complexity index is 920. The van der Waals surface area contributed by atoms with E-state index < -0.39 is 0 Å². The average molecular weight is 492 g/mol. The van der Waals surface area contributed by atoms with Crippen molar-refractivity contribution in [3.05, 3.63) is 41.5 Å². The number of hydrogen-bond donors (Lipinski definition) is 0. The van der Waals surface area contributed by atoms with Crippen LogP contribution in [0.15, 0.2) is 28.8 Å². The van der Waals surface area contributed by atoms with Gasteiger partial charge >= 0.3 is 0 Å². The van der Waals surface area contributed by atoms with Crippen molar-refractivity contribution in [2.24, 2.45) is 0 Å². The number of halogens is 1. The van der Waals surface area contributed by atoms with Crippen LogP contribution in [0.3, 0.4) is 0 Å². The second-order valence-electron chi connectivity index (χ2n) is 8.70. The zero-order valence-electron chi connectivity index (χ0n) is 19.8. The molecule has 2 amide bonds. The monoisotopic (exact) mass is 491 g/mol. The number of benzene rings is 1. The van der Waals surface area contributed by atoms with Gasteiger partial charge in [0.2, 0.25) is 11.8 Å². The summed E-state index contributed by atoms with van der Waals surface area (Å²) in [6.07, 6.45) is 5.49. The second kappa shape index (κ2) is 12.7. The van der Waals surface area contributed by atoms with E-state index in [0.717, 1.165) is 44.8 Å². The van der Waals surface area contributed by atoms with E-state index in [0.29, 0.717) is 49.8 Å². The van der Waals surface area contributed by atoms with Crippen LogP contribution in [0.4, 0.5) is 0 Å². The first kappa shape index (κ1) is 26.0. The van der Waals surface area contributed by atoms with Crippen LogP contribution in [0.1, 0.15) is 54.2 Å². The Morgan fingerprint density at radius 3 is 2.26 bits per heavy atom. The van der Waals surface area contributed by atoms with E-state index in [1.165, 1.54) is 12.8 Å². The number of aryl methyl sites for hydroxylation is 1. The maximum Gasteiger partial charge on any atom is 0.253 e. The lowest BCUT2D eigenvalue weighted by atomic mass is 10.1. The lowest BCUT2D eigenvalue weighted by Crippen LogP contribution is -2.48. The van der Waals surface area contributed by atoms with Crippen LogP contribution in [0.25, 0.3) is 0 Å². The van der Waals surface area contributed by atoms with Crippen LogP contribution in [-0.4, -0.2) is 83.0 Å². The number of hydrogen-bond acceptors (Lipinski definition) is 7. The smallest absolute Gasteiger partial charge is 0.253 e. The molecule has 2 aliphatic rings. The number of aromatic nitrogens is 2. The van der Waals surface area contributed by atoms with E-state index in [1.54, 1.807) is 31.4 Å². The average Bonchev–Trinajstić information content (AvgIpc) is 3.12. The molecule has 2 fully saturated rings. The maximum atomic E-state index is 12.7. The van der Waals surface area contributed by atoms with E-state index in [2.05, 4.69) is 15.0 Å². The fraction of sp³-hybridized carbons (Fsp3) is 0.583. The van der Waals surface area contributed by atoms with Crippen molar-refractivity contribution in [2.45, 2.75) is 45.1 Å². The fourth-order valence-electron chi connectivity index (χ4n) is 4.37. The predicted octanol–water partition coefficient (Wildman–Crippen LogP) is 2.79. The lowest BCUT2D eigenvalue weighted by Gasteiger charge is -2.34. The molecule has 1 aromatic carbocycles. The highest BCUT2D eigenvalue weighted by Gasteiger charge is 2.23.